The topological polar surface area (TPSA) is 26.3 Å². The summed E-state index contributed by atoms with van der Waals surface area (Å²) in [5.41, 5.74) is 1.35. The van der Waals surface area contributed by atoms with Gasteiger partial charge in [-0.3, -0.25) is 4.79 Å². The smallest absolute Gasteiger partial charge is 0.293 e. The lowest BCUT2D eigenvalue weighted by molar-refractivity contribution is -0.128. The third-order valence-electron chi connectivity index (χ3n) is 2.34. The number of benzene rings is 1. The lowest BCUT2D eigenvalue weighted by Crippen LogP contribution is -1.97. The molecule has 1 unspecified atom stereocenters. The maximum atomic E-state index is 9.90. The summed E-state index contributed by atoms with van der Waals surface area (Å²) >= 11 is 0. The third kappa shape index (κ3) is 3.60. The van der Waals surface area contributed by atoms with Gasteiger partial charge in [-0.2, -0.15) is 0 Å². The fourth-order valence-electron chi connectivity index (χ4n) is 1.47. The summed E-state index contributed by atoms with van der Waals surface area (Å²) in [6.45, 7) is 3.23. The van der Waals surface area contributed by atoms with Crippen LogP contribution in [0.3, 0.4) is 0 Å². The van der Waals surface area contributed by atoms with Gasteiger partial charge in [-0.1, -0.05) is 37.3 Å². The van der Waals surface area contributed by atoms with Crippen molar-refractivity contribution in [3.05, 3.63) is 35.9 Å². The van der Waals surface area contributed by atoms with E-state index >= 15 is 0 Å². The SMILES string of the molecule is CC(CCCOC=O)c1ccccc1. The quantitative estimate of drug-likeness (QED) is 0.511. The summed E-state index contributed by atoms with van der Waals surface area (Å²) in [4.78, 5) is 9.90. The van der Waals surface area contributed by atoms with Gasteiger partial charge in [0, 0.05) is 0 Å². The standard InChI is InChI=1S/C12H16O2/c1-11(6-5-9-14-10-13)12-7-3-2-4-8-12/h2-4,7-8,10-11H,5-6,9H2,1H3. The number of hydrogen-bond acceptors (Lipinski definition) is 2. The molecule has 2 nitrogen and oxygen atoms in total. The van der Waals surface area contributed by atoms with Gasteiger partial charge < -0.3 is 4.74 Å². The Balaban J connectivity index is 2.28. The van der Waals surface area contributed by atoms with Crippen molar-refractivity contribution in [3.63, 3.8) is 0 Å². The molecule has 0 aliphatic carbocycles. The monoisotopic (exact) mass is 192 g/mol. The van der Waals surface area contributed by atoms with Crippen molar-refractivity contribution in [1.29, 1.82) is 0 Å². The van der Waals surface area contributed by atoms with E-state index in [1.807, 2.05) is 18.2 Å². The molecule has 0 fully saturated rings. The first kappa shape index (κ1) is 10.8. The van der Waals surface area contributed by atoms with Gasteiger partial charge in [0.15, 0.2) is 0 Å². The van der Waals surface area contributed by atoms with E-state index in [0.29, 0.717) is 19.0 Å². The zero-order chi connectivity index (χ0) is 10.2. The molecule has 1 atom stereocenters. The second-order valence-corrected chi connectivity index (χ2v) is 3.42. The van der Waals surface area contributed by atoms with Gasteiger partial charge in [0.05, 0.1) is 6.61 Å². The Kier molecular flexibility index (Phi) is 4.76. The van der Waals surface area contributed by atoms with Crippen molar-refractivity contribution in [2.45, 2.75) is 25.7 Å². The van der Waals surface area contributed by atoms with Crippen molar-refractivity contribution < 1.29 is 9.53 Å². The highest BCUT2D eigenvalue weighted by molar-refractivity contribution is 5.36. The van der Waals surface area contributed by atoms with Gasteiger partial charge in [0.1, 0.15) is 0 Å². The molecule has 0 saturated heterocycles. The third-order valence-corrected chi connectivity index (χ3v) is 2.34. The van der Waals surface area contributed by atoms with Crippen molar-refractivity contribution in [3.8, 4) is 0 Å². The molecule has 0 aliphatic rings. The summed E-state index contributed by atoms with van der Waals surface area (Å²) in [7, 11) is 0. The molecule has 14 heavy (non-hydrogen) atoms. The summed E-state index contributed by atoms with van der Waals surface area (Å²) in [5, 5.41) is 0. The molecule has 1 aromatic rings. The summed E-state index contributed by atoms with van der Waals surface area (Å²) in [6, 6.07) is 10.4. The maximum Gasteiger partial charge on any atom is 0.293 e. The molecule has 0 heterocycles. The first-order valence-corrected chi connectivity index (χ1v) is 4.95. The molecule has 0 bridgehead atoms. The van der Waals surface area contributed by atoms with Gasteiger partial charge in [-0.15, -0.1) is 0 Å². The van der Waals surface area contributed by atoms with E-state index in [4.69, 9.17) is 0 Å². The second kappa shape index (κ2) is 6.19. The number of rotatable bonds is 6. The molecule has 0 aromatic heterocycles. The van der Waals surface area contributed by atoms with Crippen LogP contribution >= 0.6 is 0 Å². The molecule has 0 N–H and O–H groups in total. The second-order valence-electron chi connectivity index (χ2n) is 3.42. The van der Waals surface area contributed by atoms with Crippen LogP contribution in [-0.2, 0) is 9.53 Å². The average Bonchev–Trinajstić information content (AvgIpc) is 2.25. The zero-order valence-corrected chi connectivity index (χ0v) is 8.48. The van der Waals surface area contributed by atoms with Crippen molar-refractivity contribution in [2.24, 2.45) is 0 Å². The van der Waals surface area contributed by atoms with Gasteiger partial charge in [0.2, 0.25) is 0 Å². The Bertz CT molecular complexity index is 256. The lowest BCUT2D eigenvalue weighted by atomic mass is 9.97. The summed E-state index contributed by atoms with van der Waals surface area (Å²) in [5.74, 6) is 0.534. The van der Waals surface area contributed by atoms with Crippen molar-refractivity contribution in [1.82, 2.24) is 0 Å². The van der Waals surface area contributed by atoms with E-state index in [-0.39, 0.29) is 0 Å². The van der Waals surface area contributed by atoms with Crippen LogP contribution in [0.15, 0.2) is 30.3 Å². The van der Waals surface area contributed by atoms with E-state index in [1.165, 1.54) is 5.56 Å². The maximum absolute atomic E-state index is 9.90. The fourth-order valence-corrected chi connectivity index (χ4v) is 1.47. The minimum atomic E-state index is 0.507. The molecule has 0 saturated carbocycles. The molecular formula is C12H16O2. The average molecular weight is 192 g/mol. The minimum absolute atomic E-state index is 0.507. The van der Waals surface area contributed by atoms with E-state index in [1.54, 1.807) is 0 Å². The number of carbonyl (C=O) groups excluding carboxylic acids is 1. The van der Waals surface area contributed by atoms with Gasteiger partial charge in [-0.05, 0) is 24.3 Å². The Morgan fingerprint density at radius 3 is 2.71 bits per heavy atom. The molecule has 1 rings (SSSR count). The summed E-state index contributed by atoms with van der Waals surface area (Å²) < 4.78 is 4.64. The minimum Gasteiger partial charge on any atom is -0.468 e. The Morgan fingerprint density at radius 1 is 1.36 bits per heavy atom. The van der Waals surface area contributed by atoms with Crippen LogP contribution in [0.4, 0.5) is 0 Å². The van der Waals surface area contributed by atoms with Gasteiger partial charge in [0.25, 0.3) is 6.47 Å². The first-order valence-electron chi connectivity index (χ1n) is 4.95. The highest BCUT2D eigenvalue weighted by Crippen LogP contribution is 2.19. The molecule has 76 valence electrons. The molecule has 2 heteroatoms. The molecule has 1 aromatic carbocycles. The van der Waals surface area contributed by atoms with Crippen LogP contribution in [0.2, 0.25) is 0 Å². The van der Waals surface area contributed by atoms with Crippen LogP contribution in [0.1, 0.15) is 31.2 Å². The predicted octanol–water partition coefficient (Wildman–Crippen LogP) is 2.74. The molecular weight excluding hydrogens is 176 g/mol. The largest absolute Gasteiger partial charge is 0.468 e. The van der Waals surface area contributed by atoms with Gasteiger partial charge in [-0.25, -0.2) is 0 Å². The lowest BCUT2D eigenvalue weighted by Gasteiger charge is -2.10. The zero-order valence-electron chi connectivity index (χ0n) is 8.48. The van der Waals surface area contributed by atoms with Crippen LogP contribution in [0.5, 0.6) is 0 Å². The molecule has 0 amide bonds. The van der Waals surface area contributed by atoms with E-state index in [2.05, 4.69) is 23.8 Å². The Hall–Kier alpha value is -1.31. The molecule has 0 aliphatic heterocycles. The Labute approximate surface area is 84.9 Å². The van der Waals surface area contributed by atoms with Crippen LogP contribution in [-0.4, -0.2) is 13.1 Å². The van der Waals surface area contributed by atoms with Gasteiger partial charge >= 0.3 is 0 Å². The predicted molar refractivity (Wildman–Crippen MR) is 56.1 cm³/mol. The number of carbonyl (C=O) groups is 1. The van der Waals surface area contributed by atoms with E-state index < -0.39 is 0 Å². The molecule has 0 spiro atoms. The highest BCUT2D eigenvalue weighted by Gasteiger charge is 2.03. The highest BCUT2D eigenvalue weighted by atomic mass is 16.5. The van der Waals surface area contributed by atoms with Crippen LogP contribution in [0.25, 0.3) is 0 Å². The van der Waals surface area contributed by atoms with Crippen LogP contribution in [0, 0.1) is 0 Å². The first-order chi connectivity index (χ1) is 6.84. The normalized spacial score (nSPS) is 12.1. The van der Waals surface area contributed by atoms with Crippen molar-refractivity contribution in [2.75, 3.05) is 6.61 Å². The van der Waals surface area contributed by atoms with E-state index in [9.17, 15) is 4.79 Å². The van der Waals surface area contributed by atoms with Crippen LogP contribution < -0.4 is 0 Å². The Morgan fingerprint density at radius 2 is 2.07 bits per heavy atom. The fraction of sp³-hybridized carbons (Fsp3) is 0.417. The number of ether oxygens (including phenoxy) is 1. The molecule has 0 radical (unpaired) electrons. The van der Waals surface area contributed by atoms with E-state index in [0.717, 1.165) is 12.8 Å². The van der Waals surface area contributed by atoms with Crippen molar-refractivity contribution >= 4 is 6.47 Å². The number of hydrogen-bond donors (Lipinski definition) is 0. The summed E-state index contributed by atoms with van der Waals surface area (Å²) in [6.07, 6.45) is 1.98.